The molecule has 1 N–H and O–H groups in total. The summed E-state index contributed by atoms with van der Waals surface area (Å²) in [6, 6.07) is 8.33. The molecule has 0 heterocycles. The van der Waals surface area contributed by atoms with E-state index in [0.717, 1.165) is 12.0 Å². The molecule has 0 radical (unpaired) electrons. The predicted octanol–water partition coefficient (Wildman–Crippen LogP) is 4.28. The van der Waals surface area contributed by atoms with Crippen LogP contribution < -0.4 is 0 Å². The molecule has 0 saturated heterocycles. The molecule has 1 unspecified atom stereocenters. The Morgan fingerprint density at radius 3 is 1.81 bits per heavy atom. The van der Waals surface area contributed by atoms with Gasteiger partial charge in [0.2, 0.25) is 0 Å². The van der Waals surface area contributed by atoms with Gasteiger partial charge in [-0.2, -0.15) is 0 Å². The summed E-state index contributed by atoms with van der Waals surface area (Å²) in [6.07, 6.45) is 0.454. The molecule has 90 valence electrons. The fourth-order valence-corrected chi connectivity index (χ4v) is 1.80. The first-order chi connectivity index (χ1) is 7.29. The molecule has 1 rings (SSSR count). The second-order valence-corrected chi connectivity index (χ2v) is 6.10. The van der Waals surface area contributed by atoms with Crippen molar-refractivity contribution in [2.75, 3.05) is 0 Å². The third-order valence-electron chi connectivity index (χ3n) is 2.79. The largest absolute Gasteiger partial charge is 0.388 e. The zero-order valence-corrected chi connectivity index (χ0v) is 11.1. The van der Waals surface area contributed by atoms with E-state index in [9.17, 15) is 5.11 Å². The molecule has 0 amide bonds. The number of hydrogen-bond donors (Lipinski definition) is 1. The number of hydrogen-bond acceptors (Lipinski definition) is 1. The van der Waals surface area contributed by atoms with Gasteiger partial charge in [0.1, 0.15) is 0 Å². The summed E-state index contributed by atoms with van der Waals surface area (Å²) in [5, 5.41) is 10.1. The average Bonchev–Trinajstić information content (AvgIpc) is 2.15. The van der Waals surface area contributed by atoms with Gasteiger partial charge in [0, 0.05) is 0 Å². The number of aliphatic hydroxyl groups excluding tert-OH is 1. The van der Waals surface area contributed by atoms with E-state index in [0.29, 0.717) is 5.92 Å². The minimum absolute atomic E-state index is 0.163. The topological polar surface area (TPSA) is 20.2 Å². The van der Waals surface area contributed by atoms with E-state index in [1.165, 1.54) is 5.56 Å². The van der Waals surface area contributed by atoms with Crippen molar-refractivity contribution >= 4 is 0 Å². The first-order valence-electron chi connectivity index (χ1n) is 6.07. The summed E-state index contributed by atoms with van der Waals surface area (Å²) >= 11 is 0. The van der Waals surface area contributed by atoms with Gasteiger partial charge in [0.15, 0.2) is 0 Å². The van der Waals surface area contributed by atoms with Crippen LogP contribution >= 0.6 is 0 Å². The Hall–Kier alpha value is -0.820. The normalized spacial score (nSPS) is 14.2. The highest BCUT2D eigenvalue weighted by Crippen LogP contribution is 2.29. The van der Waals surface area contributed by atoms with Crippen LogP contribution in [0, 0.1) is 5.41 Å². The first kappa shape index (κ1) is 13.2. The molecule has 0 spiro atoms. The third kappa shape index (κ3) is 3.97. The molecule has 16 heavy (non-hydrogen) atoms. The smallest absolute Gasteiger partial charge is 0.0795 e. The van der Waals surface area contributed by atoms with E-state index in [4.69, 9.17) is 0 Å². The molecule has 1 aromatic rings. The van der Waals surface area contributed by atoms with Gasteiger partial charge in [-0.3, -0.25) is 0 Å². The van der Waals surface area contributed by atoms with Crippen LogP contribution in [0.1, 0.15) is 64.2 Å². The van der Waals surface area contributed by atoms with Crippen LogP contribution in [-0.4, -0.2) is 5.11 Å². The molecule has 0 bridgehead atoms. The Kier molecular flexibility index (Phi) is 4.15. The Morgan fingerprint density at radius 2 is 1.44 bits per heavy atom. The Labute approximate surface area is 99.5 Å². The van der Waals surface area contributed by atoms with Gasteiger partial charge in [0.25, 0.3) is 0 Å². The third-order valence-corrected chi connectivity index (χ3v) is 2.79. The van der Waals surface area contributed by atoms with Crippen LogP contribution in [-0.2, 0) is 0 Å². The van der Waals surface area contributed by atoms with Gasteiger partial charge in [-0.25, -0.2) is 0 Å². The maximum Gasteiger partial charge on any atom is 0.0795 e. The van der Waals surface area contributed by atoms with Crippen LogP contribution in [0.2, 0.25) is 0 Å². The predicted molar refractivity (Wildman–Crippen MR) is 69.6 cm³/mol. The van der Waals surface area contributed by atoms with Crippen molar-refractivity contribution in [3.8, 4) is 0 Å². The summed E-state index contributed by atoms with van der Waals surface area (Å²) in [4.78, 5) is 0. The van der Waals surface area contributed by atoms with Gasteiger partial charge in [0.05, 0.1) is 6.10 Å². The average molecular weight is 220 g/mol. The van der Waals surface area contributed by atoms with Gasteiger partial charge >= 0.3 is 0 Å². The van der Waals surface area contributed by atoms with Gasteiger partial charge in [-0.15, -0.1) is 0 Å². The van der Waals surface area contributed by atoms with Crippen LogP contribution in [0.5, 0.6) is 0 Å². The highest BCUT2D eigenvalue weighted by atomic mass is 16.3. The lowest BCUT2D eigenvalue weighted by Crippen LogP contribution is -2.11. The molecule has 1 nitrogen and oxygen atoms in total. The van der Waals surface area contributed by atoms with E-state index in [-0.39, 0.29) is 11.5 Å². The summed E-state index contributed by atoms with van der Waals surface area (Å²) in [6.45, 7) is 10.8. The van der Waals surface area contributed by atoms with E-state index in [2.05, 4.69) is 46.8 Å². The number of benzene rings is 1. The van der Waals surface area contributed by atoms with E-state index >= 15 is 0 Å². The molecule has 0 fully saturated rings. The van der Waals surface area contributed by atoms with Crippen molar-refractivity contribution in [1.29, 1.82) is 0 Å². The zero-order valence-electron chi connectivity index (χ0n) is 11.1. The molecule has 0 aliphatic carbocycles. The standard InChI is InChI=1S/C15H24O/c1-11(2)12-6-8-13(9-7-12)14(16)10-15(3,4)5/h6-9,11,14,16H,10H2,1-5H3. The Morgan fingerprint density at radius 1 is 1.00 bits per heavy atom. The fraction of sp³-hybridized carbons (Fsp3) is 0.600. The maximum absolute atomic E-state index is 10.1. The van der Waals surface area contributed by atoms with Crippen molar-refractivity contribution in [2.45, 2.75) is 53.1 Å². The van der Waals surface area contributed by atoms with Crippen molar-refractivity contribution in [3.63, 3.8) is 0 Å². The molecule has 1 atom stereocenters. The summed E-state index contributed by atoms with van der Waals surface area (Å²) in [5.74, 6) is 0.550. The lowest BCUT2D eigenvalue weighted by atomic mass is 9.86. The molecular weight excluding hydrogens is 196 g/mol. The number of rotatable bonds is 3. The Bertz CT molecular complexity index is 316. The van der Waals surface area contributed by atoms with Crippen LogP contribution in [0.25, 0.3) is 0 Å². The highest BCUT2D eigenvalue weighted by Gasteiger charge is 2.17. The minimum Gasteiger partial charge on any atom is -0.388 e. The summed E-state index contributed by atoms with van der Waals surface area (Å²) in [5.41, 5.74) is 2.52. The van der Waals surface area contributed by atoms with Crippen LogP contribution in [0.4, 0.5) is 0 Å². The molecular formula is C15H24O. The Balaban J connectivity index is 2.74. The van der Waals surface area contributed by atoms with Crippen molar-refractivity contribution in [2.24, 2.45) is 5.41 Å². The van der Waals surface area contributed by atoms with E-state index in [1.54, 1.807) is 0 Å². The fourth-order valence-electron chi connectivity index (χ4n) is 1.80. The lowest BCUT2D eigenvalue weighted by Gasteiger charge is -2.22. The van der Waals surface area contributed by atoms with Gasteiger partial charge in [-0.05, 0) is 28.9 Å². The summed E-state index contributed by atoms with van der Waals surface area (Å²) < 4.78 is 0. The number of aliphatic hydroxyl groups is 1. The monoisotopic (exact) mass is 220 g/mol. The van der Waals surface area contributed by atoms with Crippen LogP contribution in [0.15, 0.2) is 24.3 Å². The van der Waals surface area contributed by atoms with Crippen molar-refractivity contribution in [1.82, 2.24) is 0 Å². The van der Waals surface area contributed by atoms with Crippen molar-refractivity contribution in [3.05, 3.63) is 35.4 Å². The second-order valence-electron chi connectivity index (χ2n) is 6.10. The van der Waals surface area contributed by atoms with Gasteiger partial charge in [-0.1, -0.05) is 58.9 Å². The van der Waals surface area contributed by atoms with Crippen molar-refractivity contribution < 1.29 is 5.11 Å². The van der Waals surface area contributed by atoms with E-state index in [1.807, 2.05) is 12.1 Å². The lowest BCUT2D eigenvalue weighted by molar-refractivity contribution is 0.122. The molecule has 1 aromatic carbocycles. The first-order valence-corrected chi connectivity index (χ1v) is 6.07. The highest BCUT2D eigenvalue weighted by molar-refractivity contribution is 5.26. The summed E-state index contributed by atoms with van der Waals surface area (Å²) in [7, 11) is 0. The minimum atomic E-state index is -0.346. The molecule has 0 saturated carbocycles. The molecule has 0 aromatic heterocycles. The van der Waals surface area contributed by atoms with Crippen LogP contribution in [0.3, 0.4) is 0 Å². The molecule has 0 aliphatic rings. The second kappa shape index (κ2) is 5.01. The quantitative estimate of drug-likeness (QED) is 0.806. The molecule has 0 aliphatic heterocycles. The SMILES string of the molecule is CC(C)c1ccc(C(O)CC(C)(C)C)cc1. The zero-order chi connectivity index (χ0) is 12.3. The maximum atomic E-state index is 10.1. The van der Waals surface area contributed by atoms with E-state index < -0.39 is 0 Å². The molecule has 1 heteroatoms. The van der Waals surface area contributed by atoms with Gasteiger partial charge < -0.3 is 5.11 Å².